The van der Waals surface area contributed by atoms with Gasteiger partial charge in [0.05, 0.1) is 6.04 Å². The summed E-state index contributed by atoms with van der Waals surface area (Å²) in [6, 6.07) is 20.9. The summed E-state index contributed by atoms with van der Waals surface area (Å²) < 4.78 is 0. The van der Waals surface area contributed by atoms with E-state index in [0.717, 1.165) is 31.7 Å². The minimum absolute atomic E-state index is 0.211. The van der Waals surface area contributed by atoms with Crippen LogP contribution in [-0.4, -0.2) is 29.9 Å². The Balaban J connectivity index is 1.71. The molecule has 0 saturated carbocycles. The predicted octanol–water partition coefficient (Wildman–Crippen LogP) is 3.70. The van der Waals surface area contributed by atoms with Crippen molar-refractivity contribution < 1.29 is 4.79 Å². The molecule has 1 aliphatic rings. The molecule has 1 aliphatic heterocycles. The summed E-state index contributed by atoms with van der Waals surface area (Å²) in [5.41, 5.74) is 2.35. The highest BCUT2D eigenvalue weighted by Crippen LogP contribution is 2.24. The second-order valence-electron chi connectivity index (χ2n) is 6.12. The molecule has 1 fully saturated rings. The lowest BCUT2D eigenvalue weighted by Crippen LogP contribution is -2.41. The van der Waals surface area contributed by atoms with E-state index in [1.165, 1.54) is 5.56 Å². The molecule has 0 unspecified atom stereocenters. The molecule has 3 rings (SSSR count). The minimum atomic E-state index is 0.211. The maximum absolute atomic E-state index is 12.5. The number of likely N-dealkylation sites (tertiary alicyclic amines) is 1. The summed E-state index contributed by atoms with van der Waals surface area (Å²) in [5, 5.41) is 0. The topological polar surface area (TPSA) is 23.6 Å². The lowest BCUT2D eigenvalue weighted by atomic mass is 10.1. The lowest BCUT2D eigenvalue weighted by Gasteiger charge is -2.29. The molecule has 1 saturated heterocycles. The number of carbonyl (C=O) groups is 1. The quantitative estimate of drug-likeness (QED) is 0.841. The van der Waals surface area contributed by atoms with Crippen LogP contribution in [0.3, 0.4) is 0 Å². The first kappa shape index (κ1) is 15.8. The van der Waals surface area contributed by atoms with Crippen molar-refractivity contribution in [3.63, 3.8) is 0 Å². The largest absolute Gasteiger partial charge is 0.308 e. The Hall–Kier alpha value is -2.13. The van der Waals surface area contributed by atoms with Gasteiger partial charge in [-0.3, -0.25) is 9.69 Å². The Bertz CT molecular complexity index is 627. The number of hydrogen-bond donors (Lipinski definition) is 0. The number of nitrogens with zero attached hydrogens (tertiary/aromatic N) is 2. The molecular weight excluding hydrogens is 284 g/mol. The van der Waals surface area contributed by atoms with Crippen LogP contribution in [0.4, 0.5) is 5.69 Å². The van der Waals surface area contributed by atoms with E-state index in [0.29, 0.717) is 6.42 Å². The minimum Gasteiger partial charge on any atom is -0.308 e. The Kier molecular flexibility index (Phi) is 5.09. The molecule has 0 radical (unpaired) electrons. The van der Waals surface area contributed by atoms with E-state index in [2.05, 4.69) is 29.2 Å². The summed E-state index contributed by atoms with van der Waals surface area (Å²) >= 11 is 0. The van der Waals surface area contributed by atoms with Crippen molar-refractivity contribution in [2.45, 2.75) is 32.4 Å². The average Bonchev–Trinajstić information content (AvgIpc) is 3.05. The summed E-state index contributed by atoms with van der Waals surface area (Å²) in [6.45, 7) is 4.88. The van der Waals surface area contributed by atoms with Crippen LogP contribution < -0.4 is 4.90 Å². The van der Waals surface area contributed by atoms with E-state index in [-0.39, 0.29) is 11.9 Å². The van der Waals surface area contributed by atoms with E-state index >= 15 is 0 Å². The Morgan fingerprint density at radius 3 is 2.39 bits per heavy atom. The van der Waals surface area contributed by atoms with Gasteiger partial charge in [0, 0.05) is 31.7 Å². The molecule has 0 aliphatic carbocycles. The van der Waals surface area contributed by atoms with Gasteiger partial charge in [-0.15, -0.1) is 0 Å². The molecule has 1 atom stereocenters. The molecule has 2 aromatic rings. The van der Waals surface area contributed by atoms with Crippen molar-refractivity contribution in [2.75, 3.05) is 18.0 Å². The van der Waals surface area contributed by atoms with E-state index in [1.54, 1.807) is 0 Å². The van der Waals surface area contributed by atoms with Crippen molar-refractivity contribution in [1.29, 1.82) is 0 Å². The van der Waals surface area contributed by atoms with E-state index < -0.39 is 0 Å². The Morgan fingerprint density at radius 2 is 1.74 bits per heavy atom. The van der Waals surface area contributed by atoms with Crippen molar-refractivity contribution in [2.24, 2.45) is 0 Å². The van der Waals surface area contributed by atoms with Gasteiger partial charge < -0.3 is 4.90 Å². The van der Waals surface area contributed by atoms with Crippen molar-refractivity contribution >= 4 is 11.6 Å². The molecule has 23 heavy (non-hydrogen) atoms. The standard InChI is InChI=1S/C20H24N2O/c1-2-20(23)22(18-11-7-4-8-12-18)19-13-14-21(16-19)15-17-9-5-3-6-10-17/h3-12,19H,2,13-16H2,1H3/t19-/m1/s1. The molecule has 120 valence electrons. The summed E-state index contributed by atoms with van der Waals surface area (Å²) in [6.07, 6.45) is 1.58. The van der Waals surface area contributed by atoms with Gasteiger partial charge in [-0.25, -0.2) is 0 Å². The fourth-order valence-electron chi connectivity index (χ4n) is 3.33. The first-order valence-corrected chi connectivity index (χ1v) is 8.41. The van der Waals surface area contributed by atoms with E-state index in [1.807, 2.05) is 48.2 Å². The lowest BCUT2D eigenvalue weighted by molar-refractivity contribution is -0.118. The second-order valence-corrected chi connectivity index (χ2v) is 6.12. The maximum Gasteiger partial charge on any atom is 0.227 e. The predicted molar refractivity (Wildman–Crippen MR) is 94.3 cm³/mol. The molecule has 3 heteroatoms. The number of hydrogen-bond acceptors (Lipinski definition) is 2. The van der Waals surface area contributed by atoms with Gasteiger partial charge in [-0.05, 0) is 24.1 Å². The summed E-state index contributed by atoms with van der Waals surface area (Å²) in [7, 11) is 0. The first-order valence-electron chi connectivity index (χ1n) is 8.41. The third-order valence-electron chi connectivity index (χ3n) is 4.47. The van der Waals surface area contributed by atoms with Gasteiger partial charge in [0.15, 0.2) is 0 Å². The normalized spacial score (nSPS) is 18.0. The van der Waals surface area contributed by atoms with Gasteiger partial charge >= 0.3 is 0 Å². The number of anilines is 1. The van der Waals surface area contributed by atoms with Crippen LogP contribution in [0.25, 0.3) is 0 Å². The first-order chi connectivity index (χ1) is 11.3. The number of carbonyl (C=O) groups excluding carboxylic acids is 1. The zero-order chi connectivity index (χ0) is 16.1. The second kappa shape index (κ2) is 7.42. The number of para-hydroxylation sites is 1. The fraction of sp³-hybridized carbons (Fsp3) is 0.350. The summed E-state index contributed by atoms with van der Waals surface area (Å²) in [5.74, 6) is 0.211. The van der Waals surface area contributed by atoms with Crippen LogP contribution >= 0.6 is 0 Å². The average molecular weight is 308 g/mol. The zero-order valence-corrected chi connectivity index (χ0v) is 13.7. The highest BCUT2D eigenvalue weighted by atomic mass is 16.2. The van der Waals surface area contributed by atoms with Gasteiger partial charge in [-0.1, -0.05) is 55.5 Å². The molecule has 0 bridgehead atoms. The van der Waals surface area contributed by atoms with Crippen LogP contribution in [0.2, 0.25) is 0 Å². The SMILES string of the molecule is CCC(=O)N(c1ccccc1)[C@@H]1CCN(Cc2ccccc2)C1. The highest BCUT2D eigenvalue weighted by Gasteiger charge is 2.30. The van der Waals surface area contributed by atoms with Gasteiger partial charge in [0.1, 0.15) is 0 Å². The molecule has 0 aromatic heterocycles. The molecule has 0 N–H and O–H groups in total. The monoisotopic (exact) mass is 308 g/mol. The third-order valence-corrected chi connectivity index (χ3v) is 4.47. The van der Waals surface area contributed by atoms with E-state index in [9.17, 15) is 4.79 Å². The van der Waals surface area contributed by atoms with Gasteiger partial charge in [0.25, 0.3) is 0 Å². The fourth-order valence-corrected chi connectivity index (χ4v) is 3.33. The zero-order valence-electron chi connectivity index (χ0n) is 13.7. The molecule has 0 spiro atoms. The van der Waals surface area contributed by atoms with Crippen LogP contribution in [0.5, 0.6) is 0 Å². The Morgan fingerprint density at radius 1 is 1.09 bits per heavy atom. The molecular formula is C20H24N2O. The third kappa shape index (κ3) is 3.80. The van der Waals surface area contributed by atoms with Crippen LogP contribution in [-0.2, 0) is 11.3 Å². The van der Waals surface area contributed by atoms with Crippen LogP contribution in [0.15, 0.2) is 60.7 Å². The smallest absolute Gasteiger partial charge is 0.227 e. The van der Waals surface area contributed by atoms with Crippen molar-refractivity contribution in [1.82, 2.24) is 4.90 Å². The van der Waals surface area contributed by atoms with Crippen LogP contribution in [0.1, 0.15) is 25.3 Å². The maximum atomic E-state index is 12.5. The summed E-state index contributed by atoms with van der Waals surface area (Å²) in [4.78, 5) is 16.9. The number of rotatable bonds is 5. The van der Waals surface area contributed by atoms with Gasteiger partial charge in [-0.2, -0.15) is 0 Å². The highest BCUT2D eigenvalue weighted by molar-refractivity contribution is 5.93. The molecule has 3 nitrogen and oxygen atoms in total. The number of benzene rings is 2. The Labute approximate surface area is 138 Å². The van der Waals surface area contributed by atoms with Gasteiger partial charge in [0.2, 0.25) is 5.91 Å². The molecule has 1 heterocycles. The molecule has 2 aromatic carbocycles. The van der Waals surface area contributed by atoms with E-state index in [4.69, 9.17) is 0 Å². The van der Waals surface area contributed by atoms with Crippen molar-refractivity contribution in [3.05, 3.63) is 66.2 Å². The number of amides is 1. The molecule has 1 amide bonds. The van der Waals surface area contributed by atoms with Crippen LogP contribution in [0, 0.1) is 0 Å². The van der Waals surface area contributed by atoms with Crippen molar-refractivity contribution in [3.8, 4) is 0 Å².